The lowest BCUT2D eigenvalue weighted by atomic mass is 9.78. The van der Waals surface area contributed by atoms with Gasteiger partial charge >= 0.3 is 0 Å². The molecule has 3 heteroatoms. The maximum atomic E-state index is 9.58. The molecule has 2 aliphatic rings. The number of phenols is 1. The van der Waals surface area contributed by atoms with E-state index in [1.165, 1.54) is 37.7 Å². The summed E-state index contributed by atoms with van der Waals surface area (Å²) in [5, 5.41) is 10.3. The molecule has 0 unspecified atom stereocenters. The van der Waals surface area contributed by atoms with E-state index in [0.29, 0.717) is 15.5 Å². The summed E-state index contributed by atoms with van der Waals surface area (Å²) in [5.41, 5.74) is 1.52. The van der Waals surface area contributed by atoms with Gasteiger partial charge in [-0.3, -0.25) is 0 Å². The van der Waals surface area contributed by atoms with Crippen LogP contribution in [0.4, 0.5) is 0 Å². The number of halogens is 2. The van der Waals surface area contributed by atoms with Crippen molar-refractivity contribution in [2.45, 2.75) is 37.5 Å². The first-order chi connectivity index (χ1) is 7.61. The van der Waals surface area contributed by atoms with E-state index < -0.39 is 0 Å². The maximum absolute atomic E-state index is 9.58. The fraction of sp³-hybridized carbons (Fsp3) is 0.538. The van der Waals surface area contributed by atoms with E-state index in [9.17, 15) is 5.11 Å². The summed E-state index contributed by atoms with van der Waals surface area (Å²) in [4.78, 5) is 0. The maximum Gasteiger partial charge on any atom is 0.152 e. The van der Waals surface area contributed by atoms with E-state index in [1.807, 2.05) is 12.1 Å². The van der Waals surface area contributed by atoms with Crippen molar-refractivity contribution in [2.24, 2.45) is 5.92 Å². The molecule has 0 atom stereocenters. The molecule has 0 heterocycles. The minimum atomic E-state index is 0.0102. The molecule has 2 bridgehead atoms. The number of hydrogen-bond acceptors (Lipinski definition) is 1. The van der Waals surface area contributed by atoms with Crippen molar-refractivity contribution in [2.75, 3.05) is 0 Å². The molecule has 1 aromatic carbocycles. The number of fused-ring (bicyclic) bond motifs is 2. The normalized spacial score (nSPS) is 32.2. The Morgan fingerprint density at radius 2 is 1.69 bits per heavy atom. The van der Waals surface area contributed by atoms with Gasteiger partial charge in [0.1, 0.15) is 0 Å². The zero-order valence-electron chi connectivity index (χ0n) is 8.97. The number of phenolic OH excluding ortho intramolecular Hbond substituents is 1. The highest BCUT2D eigenvalue weighted by Crippen LogP contribution is 2.56. The lowest BCUT2D eigenvalue weighted by molar-refractivity contribution is 0.417. The Balaban J connectivity index is 2.07. The standard InChI is InChI=1S/C13H14Cl2O/c14-10-5-9(6-11(15)12(10)16)13-3-1-8(7-13)2-4-13/h5-6,8,16H,1-4,7H2. The number of aromatic hydroxyl groups is 1. The van der Waals surface area contributed by atoms with Crippen LogP contribution in [0.1, 0.15) is 37.7 Å². The Hall–Kier alpha value is -0.400. The zero-order valence-corrected chi connectivity index (χ0v) is 10.5. The van der Waals surface area contributed by atoms with Crippen LogP contribution >= 0.6 is 23.2 Å². The topological polar surface area (TPSA) is 20.2 Å². The second kappa shape index (κ2) is 3.54. The summed E-state index contributed by atoms with van der Waals surface area (Å²) in [7, 11) is 0. The average Bonchev–Trinajstić information content (AvgIpc) is 2.86. The molecule has 3 rings (SSSR count). The van der Waals surface area contributed by atoms with Crippen LogP contribution in [0.3, 0.4) is 0 Å². The van der Waals surface area contributed by atoms with Crippen molar-refractivity contribution in [3.8, 4) is 5.75 Å². The van der Waals surface area contributed by atoms with Crippen LogP contribution in [0.2, 0.25) is 10.0 Å². The van der Waals surface area contributed by atoms with Crippen LogP contribution in [-0.2, 0) is 5.41 Å². The second-order valence-electron chi connectivity index (χ2n) is 5.22. The number of benzene rings is 1. The Morgan fingerprint density at radius 3 is 2.12 bits per heavy atom. The molecule has 1 nitrogen and oxygen atoms in total. The summed E-state index contributed by atoms with van der Waals surface area (Å²) < 4.78 is 0. The lowest BCUT2D eigenvalue weighted by Crippen LogP contribution is -2.19. The third-order valence-electron chi connectivity index (χ3n) is 4.37. The molecule has 86 valence electrons. The van der Waals surface area contributed by atoms with Crippen LogP contribution in [0.5, 0.6) is 5.75 Å². The molecule has 0 amide bonds. The smallest absolute Gasteiger partial charge is 0.152 e. The van der Waals surface area contributed by atoms with Crippen LogP contribution < -0.4 is 0 Å². The van der Waals surface area contributed by atoms with Crippen molar-refractivity contribution in [3.05, 3.63) is 27.7 Å². The average molecular weight is 257 g/mol. The van der Waals surface area contributed by atoms with Gasteiger partial charge in [-0.1, -0.05) is 23.2 Å². The monoisotopic (exact) mass is 256 g/mol. The van der Waals surface area contributed by atoms with Crippen LogP contribution in [0, 0.1) is 5.92 Å². The molecular weight excluding hydrogens is 243 g/mol. The van der Waals surface area contributed by atoms with Gasteiger partial charge in [0.2, 0.25) is 0 Å². The molecule has 16 heavy (non-hydrogen) atoms. The molecule has 2 fully saturated rings. The van der Waals surface area contributed by atoms with E-state index >= 15 is 0 Å². The van der Waals surface area contributed by atoms with Gasteiger partial charge in [0, 0.05) is 0 Å². The fourth-order valence-corrected chi connectivity index (χ4v) is 3.96. The van der Waals surface area contributed by atoms with Gasteiger partial charge < -0.3 is 5.11 Å². The summed E-state index contributed by atoms with van der Waals surface area (Å²) in [6.45, 7) is 0. The van der Waals surface area contributed by atoms with Gasteiger partial charge in [-0.25, -0.2) is 0 Å². The van der Waals surface area contributed by atoms with Crippen molar-refractivity contribution < 1.29 is 5.11 Å². The Morgan fingerprint density at radius 1 is 1.12 bits per heavy atom. The summed E-state index contributed by atoms with van der Waals surface area (Å²) >= 11 is 12.0. The van der Waals surface area contributed by atoms with Gasteiger partial charge in [-0.05, 0) is 61.1 Å². The Bertz CT molecular complexity index is 411. The Kier molecular flexibility index (Phi) is 2.38. The van der Waals surface area contributed by atoms with Crippen molar-refractivity contribution in [3.63, 3.8) is 0 Å². The summed E-state index contributed by atoms with van der Waals surface area (Å²) in [6, 6.07) is 3.80. The first kappa shape index (κ1) is 10.7. The first-order valence-electron chi connectivity index (χ1n) is 5.79. The first-order valence-corrected chi connectivity index (χ1v) is 6.55. The molecule has 0 spiro atoms. The highest BCUT2D eigenvalue weighted by Gasteiger charge is 2.46. The van der Waals surface area contributed by atoms with E-state index in [2.05, 4.69) is 0 Å². The van der Waals surface area contributed by atoms with E-state index in [-0.39, 0.29) is 5.75 Å². The zero-order chi connectivity index (χ0) is 11.3. The summed E-state index contributed by atoms with van der Waals surface area (Å²) in [6.07, 6.45) is 6.42. The third kappa shape index (κ3) is 1.45. The van der Waals surface area contributed by atoms with Crippen LogP contribution in [-0.4, -0.2) is 5.11 Å². The molecule has 2 aliphatic carbocycles. The molecule has 0 aromatic heterocycles. The van der Waals surface area contributed by atoms with Crippen molar-refractivity contribution in [1.29, 1.82) is 0 Å². The largest absolute Gasteiger partial charge is 0.505 e. The molecule has 0 radical (unpaired) electrons. The minimum Gasteiger partial charge on any atom is -0.505 e. The van der Waals surface area contributed by atoms with Gasteiger partial charge in [-0.2, -0.15) is 0 Å². The third-order valence-corrected chi connectivity index (χ3v) is 4.95. The van der Waals surface area contributed by atoms with E-state index in [4.69, 9.17) is 23.2 Å². The van der Waals surface area contributed by atoms with Gasteiger partial charge in [0.25, 0.3) is 0 Å². The van der Waals surface area contributed by atoms with Crippen LogP contribution in [0.15, 0.2) is 12.1 Å². The molecule has 2 saturated carbocycles. The Labute approximate surface area is 105 Å². The number of hydrogen-bond donors (Lipinski definition) is 1. The molecule has 1 aromatic rings. The predicted octanol–water partition coefficient (Wildman–Crippen LogP) is 4.53. The predicted molar refractivity (Wildman–Crippen MR) is 66.4 cm³/mol. The molecule has 0 saturated heterocycles. The molecular formula is C13H14Cl2O. The fourth-order valence-electron chi connectivity index (χ4n) is 3.47. The highest BCUT2D eigenvalue weighted by molar-refractivity contribution is 6.37. The highest BCUT2D eigenvalue weighted by atomic mass is 35.5. The van der Waals surface area contributed by atoms with Gasteiger partial charge in [-0.15, -0.1) is 0 Å². The quantitative estimate of drug-likeness (QED) is 0.783. The van der Waals surface area contributed by atoms with E-state index in [1.54, 1.807) is 0 Å². The number of rotatable bonds is 1. The molecule has 1 N–H and O–H groups in total. The van der Waals surface area contributed by atoms with Crippen LogP contribution in [0.25, 0.3) is 0 Å². The minimum absolute atomic E-state index is 0.0102. The van der Waals surface area contributed by atoms with Crippen molar-refractivity contribution >= 4 is 23.2 Å². The SMILES string of the molecule is Oc1c(Cl)cc(C23CCC(CC2)C3)cc1Cl. The molecule has 0 aliphatic heterocycles. The van der Waals surface area contributed by atoms with Gasteiger partial charge in [0.05, 0.1) is 10.0 Å². The summed E-state index contributed by atoms with van der Waals surface area (Å²) in [5.74, 6) is 0.905. The van der Waals surface area contributed by atoms with Crippen molar-refractivity contribution in [1.82, 2.24) is 0 Å². The lowest BCUT2D eigenvalue weighted by Gasteiger charge is -2.27. The van der Waals surface area contributed by atoms with Gasteiger partial charge in [0.15, 0.2) is 5.75 Å². The second-order valence-corrected chi connectivity index (χ2v) is 6.03. The van der Waals surface area contributed by atoms with E-state index in [0.717, 1.165) is 5.92 Å².